The quantitative estimate of drug-likeness (QED) is 0.457. The van der Waals surface area contributed by atoms with Gasteiger partial charge in [-0.2, -0.15) is 0 Å². The van der Waals surface area contributed by atoms with E-state index in [1.54, 1.807) is 24.3 Å². The monoisotopic (exact) mass is 398 g/mol. The molecule has 7 heteroatoms. The number of halogens is 1. The normalized spacial score (nSPS) is 10.9. The summed E-state index contributed by atoms with van der Waals surface area (Å²) >= 11 is 7.19. The number of hydrogen-bond acceptors (Lipinski definition) is 5. The van der Waals surface area contributed by atoms with E-state index in [1.165, 1.54) is 11.3 Å². The number of nitrogens with one attached hydrogen (secondary N) is 1. The number of rotatable bonds is 5. The first-order chi connectivity index (χ1) is 13.1. The second kappa shape index (κ2) is 7.42. The third-order valence-electron chi connectivity index (χ3n) is 3.89. The molecule has 0 saturated heterocycles. The number of carbonyl (C=O) groups excluding carboxylic acids is 1. The molecule has 2 aromatic carbocycles. The molecule has 0 unspecified atom stereocenters. The van der Waals surface area contributed by atoms with E-state index in [-0.39, 0.29) is 5.91 Å². The van der Waals surface area contributed by atoms with Crippen molar-refractivity contribution in [3.05, 3.63) is 64.5 Å². The molecule has 0 aliphatic heterocycles. The molecule has 4 aromatic rings. The van der Waals surface area contributed by atoms with Crippen LogP contribution in [0.2, 0.25) is 5.02 Å². The summed E-state index contributed by atoms with van der Waals surface area (Å²) in [6.07, 6.45) is 0. The van der Waals surface area contributed by atoms with Crippen LogP contribution in [-0.4, -0.2) is 17.5 Å². The van der Waals surface area contributed by atoms with Crippen molar-refractivity contribution in [1.29, 1.82) is 0 Å². The van der Waals surface area contributed by atoms with E-state index >= 15 is 0 Å². The van der Waals surface area contributed by atoms with Crippen LogP contribution in [0, 0.1) is 0 Å². The summed E-state index contributed by atoms with van der Waals surface area (Å²) in [5, 5.41) is 6.65. The van der Waals surface area contributed by atoms with E-state index < -0.39 is 0 Å². The highest BCUT2D eigenvalue weighted by Gasteiger charge is 2.14. The molecule has 0 aliphatic carbocycles. The van der Waals surface area contributed by atoms with Gasteiger partial charge in [-0.3, -0.25) is 10.1 Å². The van der Waals surface area contributed by atoms with Crippen LogP contribution < -0.4 is 10.1 Å². The number of benzene rings is 2. The fourth-order valence-corrected chi connectivity index (χ4v) is 3.47. The first kappa shape index (κ1) is 17.6. The van der Waals surface area contributed by atoms with Crippen LogP contribution in [0.15, 0.2) is 58.3 Å². The van der Waals surface area contributed by atoms with Crippen LogP contribution in [0.4, 0.5) is 5.13 Å². The molecule has 0 fully saturated rings. The maximum Gasteiger partial charge on any atom is 0.257 e. The van der Waals surface area contributed by atoms with Crippen molar-refractivity contribution in [2.45, 2.75) is 6.92 Å². The number of amides is 1. The molecule has 0 bridgehead atoms. The average Bonchev–Trinajstić information content (AvgIpc) is 3.29. The Labute approximate surface area is 164 Å². The molecule has 2 heterocycles. The Balaban J connectivity index is 1.57. The van der Waals surface area contributed by atoms with Gasteiger partial charge in [0.25, 0.3) is 5.91 Å². The van der Waals surface area contributed by atoms with Gasteiger partial charge in [-0.15, -0.1) is 11.3 Å². The fourth-order valence-electron chi connectivity index (χ4n) is 2.65. The topological polar surface area (TPSA) is 64.4 Å². The first-order valence-electron chi connectivity index (χ1n) is 8.32. The lowest BCUT2D eigenvalue weighted by molar-refractivity contribution is 0.102. The molecule has 4 rings (SSSR count). The Morgan fingerprint density at radius 1 is 1.26 bits per heavy atom. The van der Waals surface area contributed by atoms with Crippen molar-refractivity contribution in [3.8, 4) is 17.2 Å². The third kappa shape index (κ3) is 3.67. The number of hydrogen-bond donors (Lipinski definition) is 1. The highest BCUT2D eigenvalue weighted by atomic mass is 35.5. The van der Waals surface area contributed by atoms with E-state index in [0.29, 0.717) is 45.1 Å². The van der Waals surface area contributed by atoms with Gasteiger partial charge in [-0.05, 0) is 43.3 Å². The molecule has 0 spiro atoms. The summed E-state index contributed by atoms with van der Waals surface area (Å²) in [7, 11) is 0. The zero-order valence-corrected chi connectivity index (χ0v) is 15.9. The standard InChI is InChI=1S/C20H15ClN2O3S/c1-2-25-16-5-3-4-13-10-17(26-18(13)16)15-11-27-20(22-15)23-19(24)12-6-8-14(21)9-7-12/h3-11H,2H2,1H3,(H,22,23,24). The molecule has 0 atom stereocenters. The molecule has 0 aliphatic rings. The van der Waals surface area contributed by atoms with Crippen LogP contribution in [0.5, 0.6) is 5.75 Å². The lowest BCUT2D eigenvalue weighted by Gasteiger charge is -2.02. The number of para-hydroxylation sites is 1. The Hall–Kier alpha value is -2.83. The zero-order valence-electron chi connectivity index (χ0n) is 14.4. The van der Waals surface area contributed by atoms with Gasteiger partial charge in [0.1, 0.15) is 5.69 Å². The van der Waals surface area contributed by atoms with E-state index in [0.717, 1.165) is 5.39 Å². The summed E-state index contributed by atoms with van der Waals surface area (Å²) in [5.41, 5.74) is 1.86. The average molecular weight is 399 g/mol. The molecule has 27 heavy (non-hydrogen) atoms. The lowest BCUT2D eigenvalue weighted by atomic mass is 10.2. The summed E-state index contributed by atoms with van der Waals surface area (Å²) in [6, 6.07) is 14.4. The molecule has 0 saturated carbocycles. The Morgan fingerprint density at radius 2 is 2.07 bits per heavy atom. The van der Waals surface area contributed by atoms with Gasteiger partial charge >= 0.3 is 0 Å². The van der Waals surface area contributed by atoms with Crippen LogP contribution in [0.3, 0.4) is 0 Å². The van der Waals surface area contributed by atoms with Gasteiger partial charge in [-0.1, -0.05) is 23.7 Å². The van der Waals surface area contributed by atoms with Gasteiger partial charge in [-0.25, -0.2) is 4.98 Å². The SMILES string of the molecule is CCOc1cccc2cc(-c3csc(NC(=O)c4ccc(Cl)cc4)n3)oc12. The van der Waals surface area contributed by atoms with Crippen LogP contribution in [0.1, 0.15) is 17.3 Å². The third-order valence-corrected chi connectivity index (χ3v) is 4.90. The van der Waals surface area contributed by atoms with Gasteiger partial charge in [0.2, 0.25) is 0 Å². The van der Waals surface area contributed by atoms with Crippen molar-refractivity contribution in [3.63, 3.8) is 0 Å². The number of furan rings is 1. The molecular formula is C20H15ClN2O3S. The predicted octanol–water partition coefficient (Wildman–Crippen LogP) is 5.86. The Morgan fingerprint density at radius 3 is 2.85 bits per heavy atom. The number of carbonyl (C=O) groups is 1. The maximum atomic E-state index is 12.3. The summed E-state index contributed by atoms with van der Waals surface area (Å²) < 4.78 is 11.6. The highest BCUT2D eigenvalue weighted by molar-refractivity contribution is 7.14. The summed E-state index contributed by atoms with van der Waals surface area (Å²) in [5.74, 6) is 1.09. The van der Waals surface area contributed by atoms with Crippen LogP contribution in [-0.2, 0) is 0 Å². The Kier molecular flexibility index (Phi) is 4.83. The van der Waals surface area contributed by atoms with Crippen molar-refractivity contribution in [2.24, 2.45) is 0 Å². The number of anilines is 1. The van der Waals surface area contributed by atoms with Crippen LogP contribution >= 0.6 is 22.9 Å². The molecule has 1 amide bonds. The van der Waals surface area contributed by atoms with Crippen molar-refractivity contribution < 1.29 is 13.9 Å². The minimum atomic E-state index is -0.240. The van der Waals surface area contributed by atoms with Gasteiger partial charge in [0.15, 0.2) is 22.2 Å². The smallest absolute Gasteiger partial charge is 0.257 e. The van der Waals surface area contributed by atoms with Crippen molar-refractivity contribution in [2.75, 3.05) is 11.9 Å². The minimum Gasteiger partial charge on any atom is -0.490 e. The van der Waals surface area contributed by atoms with Crippen molar-refractivity contribution in [1.82, 2.24) is 4.98 Å². The molecule has 136 valence electrons. The number of fused-ring (bicyclic) bond motifs is 1. The summed E-state index contributed by atoms with van der Waals surface area (Å²) in [6.45, 7) is 2.49. The van der Waals surface area contributed by atoms with E-state index in [2.05, 4.69) is 10.3 Å². The van der Waals surface area contributed by atoms with E-state index in [4.69, 9.17) is 20.8 Å². The maximum absolute atomic E-state index is 12.3. The molecule has 5 nitrogen and oxygen atoms in total. The second-order valence-electron chi connectivity index (χ2n) is 5.72. The number of nitrogens with zero attached hydrogens (tertiary/aromatic N) is 1. The minimum absolute atomic E-state index is 0.240. The molecule has 0 radical (unpaired) electrons. The second-order valence-corrected chi connectivity index (χ2v) is 7.01. The van der Waals surface area contributed by atoms with Gasteiger partial charge in [0, 0.05) is 21.4 Å². The lowest BCUT2D eigenvalue weighted by Crippen LogP contribution is -2.11. The largest absolute Gasteiger partial charge is 0.490 e. The molecule has 1 N–H and O–H groups in total. The highest BCUT2D eigenvalue weighted by Crippen LogP contribution is 2.34. The van der Waals surface area contributed by atoms with Gasteiger partial charge < -0.3 is 9.15 Å². The number of ether oxygens (including phenoxy) is 1. The fraction of sp³-hybridized carbons (Fsp3) is 0.100. The molecule has 2 aromatic heterocycles. The van der Waals surface area contributed by atoms with E-state index in [9.17, 15) is 4.79 Å². The van der Waals surface area contributed by atoms with Crippen molar-refractivity contribution >= 4 is 44.9 Å². The zero-order chi connectivity index (χ0) is 18.8. The summed E-state index contributed by atoms with van der Waals surface area (Å²) in [4.78, 5) is 16.8. The number of thiazole rings is 1. The van der Waals surface area contributed by atoms with Crippen LogP contribution in [0.25, 0.3) is 22.4 Å². The first-order valence-corrected chi connectivity index (χ1v) is 9.58. The number of aromatic nitrogens is 1. The molecular weight excluding hydrogens is 384 g/mol. The Bertz CT molecular complexity index is 1100. The van der Waals surface area contributed by atoms with E-state index in [1.807, 2.05) is 36.6 Å². The van der Waals surface area contributed by atoms with Gasteiger partial charge in [0.05, 0.1) is 6.61 Å². The predicted molar refractivity (Wildman–Crippen MR) is 108 cm³/mol.